The standard InChI is InChI=1S/C12H13BrN2O/c1-2-3-4-12(16)15-11-7-10(13)6-5-9(11)8-14/h5-7H,2-4H2,1H3,(H,15,16). The van der Waals surface area contributed by atoms with Crippen LogP contribution in [0, 0.1) is 11.3 Å². The molecule has 0 atom stereocenters. The van der Waals surface area contributed by atoms with Crippen molar-refractivity contribution in [2.75, 3.05) is 5.32 Å². The van der Waals surface area contributed by atoms with Crippen molar-refractivity contribution in [3.63, 3.8) is 0 Å². The van der Waals surface area contributed by atoms with Crippen LogP contribution >= 0.6 is 15.9 Å². The minimum atomic E-state index is -0.0450. The van der Waals surface area contributed by atoms with Gasteiger partial charge in [0, 0.05) is 10.9 Å². The lowest BCUT2D eigenvalue weighted by Gasteiger charge is -2.06. The highest BCUT2D eigenvalue weighted by Gasteiger charge is 2.06. The fraction of sp³-hybridized carbons (Fsp3) is 0.333. The van der Waals surface area contributed by atoms with E-state index >= 15 is 0 Å². The number of hydrogen-bond acceptors (Lipinski definition) is 2. The van der Waals surface area contributed by atoms with E-state index in [4.69, 9.17) is 5.26 Å². The van der Waals surface area contributed by atoms with E-state index in [9.17, 15) is 4.79 Å². The summed E-state index contributed by atoms with van der Waals surface area (Å²) in [7, 11) is 0. The van der Waals surface area contributed by atoms with E-state index in [1.54, 1.807) is 18.2 Å². The Hall–Kier alpha value is -1.34. The number of amides is 1. The van der Waals surface area contributed by atoms with Gasteiger partial charge in [-0.25, -0.2) is 0 Å². The van der Waals surface area contributed by atoms with E-state index < -0.39 is 0 Å². The molecule has 1 N–H and O–H groups in total. The molecule has 0 unspecified atom stereocenters. The van der Waals surface area contributed by atoms with Gasteiger partial charge < -0.3 is 5.32 Å². The average Bonchev–Trinajstić information content (AvgIpc) is 2.27. The van der Waals surface area contributed by atoms with Crippen LogP contribution in [0.4, 0.5) is 5.69 Å². The zero-order valence-corrected chi connectivity index (χ0v) is 10.7. The van der Waals surface area contributed by atoms with Gasteiger partial charge >= 0.3 is 0 Å². The summed E-state index contributed by atoms with van der Waals surface area (Å²) in [6.45, 7) is 2.03. The Bertz CT molecular complexity index is 424. The van der Waals surface area contributed by atoms with Gasteiger partial charge in [-0.2, -0.15) is 5.26 Å². The Morgan fingerprint density at radius 1 is 1.56 bits per heavy atom. The SMILES string of the molecule is CCCCC(=O)Nc1cc(Br)ccc1C#N. The van der Waals surface area contributed by atoms with Gasteiger partial charge in [0.1, 0.15) is 6.07 Å². The molecule has 0 spiro atoms. The van der Waals surface area contributed by atoms with Crippen molar-refractivity contribution in [2.45, 2.75) is 26.2 Å². The van der Waals surface area contributed by atoms with Crippen LogP contribution < -0.4 is 5.32 Å². The lowest BCUT2D eigenvalue weighted by atomic mass is 10.2. The molecule has 0 heterocycles. The van der Waals surface area contributed by atoms with Crippen molar-refractivity contribution in [2.24, 2.45) is 0 Å². The summed E-state index contributed by atoms with van der Waals surface area (Å²) in [5.41, 5.74) is 1.05. The first-order valence-electron chi connectivity index (χ1n) is 5.17. The van der Waals surface area contributed by atoms with Gasteiger partial charge in [0.15, 0.2) is 0 Å². The molecule has 16 heavy (non-hydrogen) atoms. The van der Waals surface area contributed by atoms with Crippen LogP contribution in [-0.4, -0.2) is 5.91 Å². The Morgan fingerprint density at radius 2 is 2.31 bits per heavy atom. The summed E-state index contributed by atoms with van der Waals surface area (Å²) in [6.07, 6.45) is 2.34. The number of carbonyl (C=O) groups is 1. The van der Waals surface area contributed by atoms with E-state index in [1.807, 2.05) is 13.0 Å². The topological polar surface area (TPSA) is 52.9 Å². The quantitative estimate of drug-likeness (QED) is 0.919. The van der Waals surface area contributed by atoms with Crippen LogP contribution in [0.15, 0.2) is 22.7 Å². The average molecular weight is 281 g/mol. The Morgan fingerprint density at radius 3 is 2.94 bits per heavy atom. The number of rotatable bonds is 4. The number of halogens is 1. The smallest absolute Gasteiger partial charge is 0.224 e. The van der Waals surface area contributed by atoms with E-state index in [2.05, 4.69) is 21.2 Å². The fourth-order valence-electron chi connectivity index (χ4n) is 1.27. The number of nitrogens with one attached hydrogen (secondary N) is 1. The summed E-state index contributed by atoms with van der Waals surface area (Å²) < 4.78 is 0.845. The molecule has 0 aliphatic carbocycles. The maximum atomic E-state index is 11.5. The molecule has 3 nitrogen and oxygen atoms in total. The van der Waals surface area contributed by atoms with Crippen LogP contribution in [-0.2, 0) is 4.79 Å². The van der Waals surface area contributed by atoms with Crippen LogP contribution in [0.1, 0.15) is 31.7 Å². The normalized spacial score (nSPS) is 9.56. The van der Waals surface area contributed by atoms with Gasteiger partial charge in [-0.3, -0.25) is 4.79 Å². The van der Waals surface area contributed by atoms with Crippen molar-refractivity contribution < 1.29 is 4.79 Å². The summed E-state index contributed by atoms with van der Waals surface area (Å²) in [6, 6.07) is 7.25. The van der Waals surface area contributed by atoms with Gasteiger partial charge in [0.25, 0.3) is 0 Å². The predicted molar refractivity (Wildman–Crippen MR) is 67.0 cm³/mol. The van der Waals surface area contributed by atoms with Gasteiger partial charge in [-0.15, -0.1) is 0 Å². The van der Waals surface area contributed by atoms with Gasteiger partial charge in [-0.1, -0.05) is 29.3 Å². The largest absolute Gasteiger partial charge is 0.325 e. The van der Waals surface area contributed by atoms with E-state index in [0.717, 1.165) is 17.3 Å². The molecular formula is C12H13BrN2O. The first kappa shape index (κ1) is 12.7. The number of unbranched alkanes of at least 4 members (excludes halogenated alkanes) is 1. The highest BCUT2D eigenvalue weighted by Crippen LogP contribution is 2.21. The van der Waals surface area contributed by atoms with Crippen LogP contribution in [0.3, 0.4) is 0 Å². The van der Waals surface area contributed by atoms with Crippen molar-refractivity contribution in [1.82, 2.24) is 0 Å². The fourth-order valence-corrected chi connectivity index (χ4v) is 1.63. The molecule has 0 saturated carbocycles. The van der Waals surface area contributed by atoms with Crippen LogP contribution in [0.25, 0.3) is 0 Å². The summed E-state index contributed by atoms with van der Waals surface area (Å²) in [5.74, 6) is -0.0450. The van der Waals surface area contributed by atoms with Crippen LogP contribution in [0.2, 0.25) is 0 Å². The number of anilines is 1. The molecule has 0 radical (unpaired) electrons. The van der Waals surface area contributed by atoms with Crippen LogP contribution in [0.5, 0.6) is 0 Å². The van der Waals surface area contributed by atoms with E-state index in [0.29, 0.717) is 17.7 Å². The number of carbonyl (C=O) groups excluding carboxylic acids is 1. The maximum Gasteiger partial charge on any atom is 0.224 e. The molecule has 1 aromatic carbocycles. The summed E-state index contributed by atoms with van der Waals surface area (Å²) >= 11 is 3.31. The van der Waals surface area contributed by atoms with Crippen molar-refractivity contribution >= 4 is 27.5 Å². The third-order valence-electron chi connectivity index (χ3n) is 2.13. The zero-order valence-electron chi connectivity index (χ0n) is 9.09. The van der Waals surface area contributed by atoms with Crippen molar-refractivity contribution in [3.05, 3.63) is 28.2 Å². The molecule has 0 aliphatic heterocycles. The second kappa shape index (κ2) is 6.29. The monoisotopic (exact) mass is 280 g/mol. The van der Waals surface area contributed by atoms with Gasteiger partial charge in [0.2, 0.25) is 5.91 Å². The number of nitrogens with zero attached hydrogens (tertiary/aromatic N) is 1. The predicted octanol–water partition coefficient (Wildman–Crippen LogP) is 3.45. The molecule has 4 heteroatoms. The van der Waals surface area contributed by atoms with Crippen molar-refractivity contribution in [1.29, 1.82) is 5.26 Å². The minimum absolute atomic E-state index is 0.0450. The lowest BCUT2D eigenvalue weighted by Crippen LogP contribution is -2.12. The highest BCUT2D eigenvalue weighted by molar-refractivity contribution is 9.10. The summed E-state index contributed by atoms with van der Waals surface area (Å²) in [5, 5.41) is 11.6. The third kappa shape index (κ3) is 3.67. The number of hydrogen-bond donors (Lipinski definition) is 1. The molecule has 84 valence electrons. The minimum Gasteiger partial charge on any atom is -0.325 e. The first-order chi connectivity index (χ1) is 7.67. The Kier molecular flexibility index (Phi) is 5.00. The molecule has 1 rings (SSSR count). The molecule has 0 aromatic heterocycles. The molecule has 0 fully saturated rings. The third-order valence-corrected chi connectivity index (χ3v) is 2.63. The van der Waals surface area contributed by atoms with E-state index in [1.165, 1.54) is 0 Å². The van der Waals surface area contributed by atoms with Gasteiger partial charge in [-0.05, 0) is 24.6 Å². The molecule has 1 amide bonds. The second-order valence-electron chi connectivity index (χ2n) is 3.45. The maximum absolute atomic E-state index is 11.5. The summed E-state index contributed by atoms with van der Waals surface area (Å²) in [4.78, 5) is 11.5. The Labute approximate surface area is 104 Å². The molecule has 0 saturated heterocycles. The molecule has 0 bridgehead atoms. The number of nitriles is 1. The van der Waals surface area contributed by atoms with E-state index in [-0.39, 0.29) is 5.91 Å². The Balaban J connectivity index is 2.76. The zero-order chi connectivity index (χ0) is 12.0. The molecule has 0 aliphatic rings. The van der Waals surface area contributed by atoms with Crippen molar-refractivity contribution in [3.8, 4) is 6.07 Å². The molecular weight excluding hydrogens is 268 g/mol. The van der Waals surface area contributed by atoms with Gasteiger partial charge in [0.05, 0.1) is 11.3 Å². The highest BCUT2D eigenvalue weighted by atomic mass is 79.9. The number of benzene rings is 1. The second-order valence-corrected chi connectivity index (χ2v) is 4.37. The lowest BCUT2D eigenvalue weighted by molar-refractivity contribution is -0.116. The first-order valence-corrected chi connectivity index (χ1v) is 5.96. The molecule has 1 aromatic rings.